The van der Waals surface area contributed by atoms with E-state index in [9.17, 15) is 16.8 Å². The highest BCUT2D eigenvalue weighted by atomic mass is 79.9. The molecule has 8 nitrogen and oxygen atoms in total. The molecule has 46 heavy (non-hydrogen) atoms. The number of nitrogens with zero attached hydrogens (tertiary/aromatic N) is 1. The first-order valence-electron chi connectivity index (χ1n) is 14.8. The summed E-state index contributed by atoms with van der Waals surface area (Å²) in [6, 6.07) is 28.6. The standard InChI is InChI=1S/C35H40BrNO7S2/c1-26-11-19-32(20-12-26)45(38,39)37(24-34(44-35(3,4)42-5)29-15-17-30(36)18-16-29)31(23-28-9-7-6-8-10-28)25-43-46(40,41)33-21-13-27(2)14-22-33/h6-22,31,34H,23-25H2,1-5H3/t31-,34+/m0/s1. The Labute approximate surface area is 281 Å². The molecular weight excluding hydrogens is 690 g/mol. The monoisotopic (exact) mass is 729 g/mol. The minimum Gasteiger partial charge on any atom is -0.354 e. The smallest absolute Gasteiger partial charge is 0.297 e. The topological polar surface area (TPSA) is 99.2 Å². The van der Waals surface area contributed by atoms with Gasteiger partial charge in [0, 0.05) is 18.1 Å². The van der Waals surface area contributed by atoms with Crippen molar-refractivity contribution in [3.8, 4) is 0 Å². The summed E-state index contributed by atoms with van der Waals surface area (Å²) >= 11 is 3.47. The largest absolute Gasteiger partial charge is 0.354 e. The summed E-state index contributed by atoms with van der Waals surface area (Å²) in [7, 11) is -6.91. The Morgan fingerprint density at radius 3 is 1.85 bits per heavy atom. The van der Waals surface area contributed by atoms with Crippen LogP contribution in [0.25, 0.3) is 0 Å². The number of halogens is 1. The van der Waals surface area contributed by atoms with Gasteiger partial charge in [-0.15, -0.1) is 0 Å². The minimum absolute atomic E-state index is 0.0116. The van der Waals surface area contributed by atoms with Gasteiger partial charge in [-0.25, -0.2) is 8.42 Å². The molecule has 0 bridgehead atoms. The average molecular weight is 731 g/mol. The third kappa shape index (κ3) is 9.57. The van der Waals surface area contributed by atoms with Crippen LogP contribution >= 0.6 is 15.9 Å². The highest BCUT2D eigenvalue weighted by Gasteiger charge is 2.37. The molecule has 0 saturated heterocycles. The van der Waals surface area contributed by atoms with Gasteiger partial charge in [0.15, 0.2) is 5.79 Å². The molecule has 4 aromatic carbocycles. The van der Waals surface area contributed by atoms with Gasteiger partial charge in [0.1, 0.15) is 0 Å². The van der Waals surface area contributed by atoms with Crippen molar-refractivity contribution in [2.75, 3.05) is 20.3 Å². The average Bonchev–Trinajstić information content (AvgIpc) is 3.02. The van der Waals surface area contributed by atoms with Crippen molar-refractivity contribution in [1.82, 2.24) is 4.31 Å². The molecular formula is C35H40BrNO7S2. The van der Waals surface area contributed by atoms with E-state index in [1.807, 2.05) is 68.4 Å². The summed E-state index contributed by atoms with van der Waals surface area (Å²) in [6.45, 7) is 6.63. The van der Waals surface area contributed by atoms with Gasteiger partial charge in [0.2, 0.25) is 10.0 Å². The van der Waals surface area contributed by atoms with Gasteiger partial charge < -0.3 is 9.47 Å². The molecule has 0 spiro atoms. The summed E-state index contributed by atoms with van der Waals surface area (Å²) in [4.78, 5) is 0.0560. The molecule has 0 aliphatic heterocycles. The molecule has 0 aromatic heterocycles. The summed E-state index contributed by atoms with van der Waals surface area (Å²) < 4.78 is 75.7. The van der Waals surface area contributed by atoms with E-state index in [0.717, 1.165) is 21.2 Å². The van der Waals surface area contributed by atoms with E-state index in [2.05, 4.69) is 15.9 Å². The molecule has 0 saturated carbocycles. The Morgan fingerprint density at radius 2 is 1.30 bits per heavy atom. The predicted molar refractivity (Wildman–Crippen MR) is 182 cm³/mol. The van der Waals surface area contributed by atoms with Crippen LogP contribution in [0.1, 0.15) is 42.2 Å². The first-order chi connectivity index (χ1) is 21.7. The quantitative estimate of drug-likeness (QED) is 0.0942. The lowest BCUT2D eigenvalue weighted by Crippen LogP contribution is -2.47. The lowest BCUT2D eigenvalue weighted by molar-refractivity contribution is -0.227. The van der Waals surface area contributed by atoms with Crippen LogP contribution in [0.5, 0.6) is 0 Å². The molecule has 4 rings (SSSR count). The van der Waals surface area contributed by atoms with Gasteiger partial charge in [-0.2, -0.15) is 12.7 Å². The summed E-state index contributed by atoms with van der Waals surface area (Å²) in [5.74, 6) is -1.07. The van der Waals surface area contributed by atoms with Crippen molar-refractivity contribution in [3.05, 3.63) is 130 Å². The lowest BCUT2D eigenvalue weighted by atomic mass is 10.0. The van der Waals surface area contributed by atoms with E-state index in [4.69, 9.17) is 13.7 Å². The van der Waals surface area contributed by atoms with Crippen molar-refractivity contribution < 1.29 is 30.5 Å². The van der Waals surface area contributed by atoms with Crippen molar-refractivity contribution in [1.29, 1.82) is 0 Å². The molecule has 0 aliphatic rings. The van der Waals surface area contributed by atoms with E-state index in [1.54, 1.807) is 50.2 Å². The van der Waals surface area contributed by atoms with E-state index in [1.165, 1.54) is 23.5 Å². The minimum atomic E-state index is -4.22. The van der Waals surface area contributed by atoms with E-state index in [-0.39, 0.29) is 22.8 Å². The highest BCUT2D eigenvalue weighted by Crippen LogP contribution is 2.31. The molecule has 0 aliphatic carbocycles. The van der Waals surface area contributed by atoms with Gasteiger partial charge in [-0.1, -0.05) is 93.8 Å². The van der Waals surface area contributed by atoms with Crippen LogP contribution in [0.4, 0.5) is 0 Å². The van der Waals surface area contributed by atoms with Gasteiger partial charge in [-0.3, -0.25) is 4.18 Å². The molecule has 0 fully saturated rings. The molecule has 0 heterocycles. The number of ether oxygens (including phenoxy) is 2. The fourth-order valence-corrected chi connectivity index (χ4v) is 7.62. The fourth-order valence-electron chi connectivity index (χ4n) is 4.80. The Bertz CT molecular complexity index is 1780. The van der Waals surface area contributed by atoms with Gasteiger partial charge in [0.25, 0.3) is 10.1 Å². The zero-order chi connectivity index (χ0) is 33.5. The number of methoxy groups -OCH3 is 1. The molecule has 0 radical (unpaired) electrons. The maximum atomic E-state index is 14.6. The van der Waals surface area contributed by atoms with E-state index < -0.39 is 44.7 Å². The van der Waals surface area contributed by atoms with Gasteiger partial charge in [-0.05, 0) is 81.6 Å². The predicted octanol–water partition coefficient (Wildman–Crippen LogP) is 7.21. The molecule has 0 N–H and O–H groups in total. The maximum absolute atomic E-state index is 14.6. The lowest BCUT2D eigenvalue weighted by Gasteiger charge is -2.36. The Kier molecular flexibility index (Phi) is 12.0. The number of sulfonamides is 1. The molecule has 4 aromatic rings. The number of hydrogen-bond donors (Lipinski definition) is 0. The van der Waals surface area contributed by atoms with Gasteiger partial charge in [0.05, 0.1) is 28.5 Å². The molecule has 11 heteroatoms. The molecule has 2 atom stereocenters. The van der Waals surface area contributed by atoms with Crippen LogP contribution in [-0.4, -0.2) is 53.2 Å². The maximum Gasteiger partial charge on any atom is 0.297 e. The van der Waals surface area contributed by atoms with Crippen LogP contribution in [0.15, 0.2) is 117 Å². The van der Waals surface area contributed by atoms with Crippen molar-refractivity contribution in [2.45, 2.75) is 61.8 Å². The molecule has 0 amide bonds. The Balaban J connectivity index is 1.83. The first kappa shape index (κ1) is 35.9. The second kappa shape index (κ2) is 15.3. The Morgan fingerprint density at radius 1 is 0.761 bits per heavy atom. The third-order valence-electron chi connectivity index (χ3n) is 7.58. The second-order valence-electron chi connectivity index (χ2n) is 11.5. The zero-order valence-corrected chi connectivity index (χ0v) is 29.8. The van der Waals surface area contributed by atoms with Crippen LogP contribution in [0.2, 0.25) is 0 Å². The normalized spacial score (nSPS) is 13.9. The van der Waals surface area contributed by atoms with Gasteiger partial charge >= 0.3 is 0 Å². The summed E-state index contributed by atoms with van der Waals surface area (Å²) in [5, 5.41) is 0. The third-order valence-corrected chi connectivity index (χ3v) is 11.3. The highest BCUT2D eigenvalue weighted by molar-refractivity contribution is 9.10. The van der Waals surface area contributed by atoms with E-state index in [0.29, 0.717) is 5.56 Å². The van der Waals surface area contributed by atoms with Crippen LogP contribution < -0.4 is 0 Å². The second-order valence-corrected chi connectivity index (χ2v) is 16.0. The van der Waals surface area contributed by atoms with Crippen LogP contribution in [0.3, 0.4) is 0 Å². The first-order valence-corrected chi connectivity index (χ1v) is 18.4. The summed E-state index contributed by atoms with van der Waals surface area (Å²) in [5.41, 5.74) is 3.32. The Hall–Kier alpha value is -2.90. The van der Waals surface area contributed by atoms with E-state index >= 15 is 0 Å². The SMILES string of the molecule is COC(C)(C)O[C@H](CN([C@H](COS(=O)(=O)c1ccc(C)cc1)Cc1ccccc1)S(=O)(=O)c1ccc(C)cc1)c1ccc(Br)cc1. The number of aryl methyl sites for hydroxylation is 2. The molecule has 0 unspecified atom stereocenters. The van der Waals surface area contributed by atoms with Crippen molar-refractivity contribution >= 4 is 36.1 Å². The fraction of sp³-hybridized carbons (Fsp3) is 0.314. The zero-order valence-electron chi connectivity index (χ0n) is 26.6. The summed E-state index contributed by atoms with van der Waals surface area (Å²) in [6.07, 6.45) is -0.619. The molecule has 246 valence electrons. The van der Waals surface area contributed by atoms with Crippen LogP contribution in [-0.2, 0) is 40.2 Å². The van der Waals surface area contributed by atoms with Crippen molar-refractivity contribution in [2.24, 2.45) is 0 Å². The van der Waals surface area contributed by atoms with Crippen LogP contribution in [0, 0.1) is 13.8 Å². The number of benzene rings is 4. The number of rotatable bonds is 15. The van der Waals surface area contributed by atoms with Crippen molar-refractivity contribution in [3.63, 3.8) is 0 Å². The number of hydrogen-bond acceptors (Lipinski definition) is 7.